The van der Waals surface area contributed by atoms with Crippen molar-refractivity contribution in [3.8, 4) is 0 Å². The first-order valence-electron chi connectivity index (χ1n) is 3.76. The van der Waals surface area contributed by atoms with Gasteiger partial charge >= 0.3 is 5.97 Å². The molecule has 0 aromatic carbocycles. The van der Waals surface area contributed by atoms with E-state index in [0.717, 1.165) is 19.3 Å². The molecular weight excluding hydrogens is 140 g/mol. The minimum Gasteiger partial charge on any atom is -0.481 e. The van der Waals surface area contributed by atoms with E-state index in [0.29, 0.717) is 0 Å². The van der Waals surface area contributed by atoms with E-state index in [1.54, 1.807) is 6.08 Å². The third-order valence-corrected chi connectivity index (χ3v) is 1.28. The summed E-state index contributed by atoms with van der Waals surface area (Å²) in [5.74, 6) is -0.710. The van der Waals surface area contributed by atoms with Crippen molar-refractivity contribution in [3.05, 3.63) is 24.8 Å². The van der Waals surface area contributed by atoms with Crippen LogP contribution in [0.5, 0.6) is 0 Å². The van der Waals surface area contributed by atoms with Crippen molar-refractivity contribution < 1.29 is 9.90 Å². The fourth-order valence-electron chi connectivity index (χ4n) is 0.731. The van der Waals surface area contributed by atoms with Crippen LogP contribution in [-0.4, -0.2) is 11.1 Å². The van der Waals surface area contributed by atoms with Crippen molar-refractivity contribution in [2.45, 2.75) is 25.7 Å². The molecule has 0 spiro atoms. The van der Waals surface area contributed by atoms with Gasteiger partial charge in [-0.25, -0.2) is 0 Å². The Morgan fingerprint density at radius 3 is 2.73 bits per heavy atom. The van der Waals surface area contributed by atoms with Gasteiger partial charge in [0, 0.05) is 6.42 Å². The fraction of sp³-hybridized carbons (Fsp3) is 0.444. The molecule has 0 saturated carbocycles. The zero-order valence-electron chi connectivity index (χ0n) is 6.62. The van der Waals surface area contributed by atoms with Crippen molar-refractivity contribution >= 4 is 5.97 Å². The minimum atomic E-state index is -0.710. The quantitative estimate of drug-likeness (QED) is 0.471. The van der Waals surface area contributed by atoms with Gasteiger partial charge in [0.05, 0.1) is 0 Å². The summed E-state index contributed by atoms with van der Waals surface area (Å²) in [5, 5.41) is 8.28. The lowest BCUT2D eigenvalue weighted by atomic mass is 10.2. The summed E-state index contributed by atoms with van der Waals surface area (Å²) in [5.41, 5.74) is 0. The lowest BCUT2D eigenvalue weighted by molar-refractivity contribution is -0.137. The second-order valence-electron chi connectivity index (χ2n) is 2.30. The van der Waals surface area contributed by atoms with E-state index in [1.807, 2.05) is 12.2 Å². The van der Waals surface area contributed by atoms with Crippen LogP contribution in [0.3, 0.4) is 0 Å². The highest BCUT2D eigenvalue weighted by molar-refractivity contribution is 5.66. The average Bonchev–Trinajstić information content (AvgIpc) is 1.96. The number of allylic oxidation sites excluding steroid dienone is 3. The van der Waals surface area contributed by atoms with Crippen LogP contribution in [0, 0.1) is 0 Å². The van der Waals surface area contributed by atoms with E-state index in [-0.39, 0.29) is 6.42 Å². The molecule has 0 bridgehead atoms. The number of carbonyl (C=O) groups is 1. The molecule has 11 heavy (non-hydrogen) atoms. The molecule has 0 heterocycles. The molecule has 0 aromatic rings. The monoisotopic (exact) mass is 154 g/mol. The van der Waals surface area contributed by atoms with Gasteiger partial charge in [-0.05, 0) is 19.3 Å². The fourth-order valence-corrected chi connectivity index (χ4v) is 0.731. The van der Waals surface area contributed by atoms with Gasteiger partial charge in [0.1, 0.15) is 0 Å². The summed E-state index contributed by atoms with van der Waals surface area (Å²) in [6.45, 7) is 3.53. The highest BCUT2D eigenvalue weighted by atomic mass is 16.4. The lowest BCUT2D eigenvalue weighted by Crippen LogP contribution is -1.92. The molecule has 1 N–H and O–H groups in total. The predicted octanol–water partition coefficient (Wildman–Crippen LogP) is 2.37. The Hall–Kier alpha value is -1.05. The van der Waals surface area contributed by atoms with Crippen molar-refractivity contribution in [1.82, 2.24) is 0 Å². The van der Waals surface area contributed by atoms with Crippen LogP contribution in [-0.2, 0) is 4.79 Å². The Balaban J connectivity index is 3.08. The first kappa shape index (κ1) is 9.95. The highest BCUT2D eigenvalue weighted by Crippen LogP contribution is 2.00. The van der Waals surface area contributed by atoms with Crippen LogP contribution >= 0.6 is 0 Å². The molecular formula is C9H14O2. The lowest BCUT2D eigenvalue weighted by Gasteiger charge is -1.91. The van der Waals surface area contributed by atoms with Crippen LogP contribution in [0.25, 0.3) is 0 Å². The summed E-state index contributed by atoms with van der Waals surface area (Å²) in [4.78, 5) is 10.1. The molecule has 0 amide bonds. The number of rotatable bonds is 6. The Bertz CT molecular complexity index is 148. The second-order valence-corrected chi connectivity index (χ2v) is 2.30. The first-order chi connectivity index (χ1) is 5.27. The number of aliphatic carboxylic acids is 1. The third-order valence-electron chi connectivity index (χ3n) is 1.28. The molecule has 0 rings (SSSR count). The van der Waals surface area contributed by atoms with Crippen molar-refractivity contribution in [1.29, 1.82) is 0 Å². The van der Waals surface area contributed by atoms with E-state index in [2.05, 4.69) is 6.58 Å². The van der Waals surface area contributed by atoms with Gasteiger partial charge in [-0.3, -0.25) is 4.79 Å². The normalized spacial score (nSPS) is 10.2. The molecule has 0 aliphatic heterocycles. The van der Waals surface area contributed by atoms with Gasteiger partial charge in [-0.2, -0.15) is 0 Å². The molecule has 0 atom stereocenters. The van der Waals surface area contributed by atoms with Crippen LogP contribution in [0.2, 0.25) is 0 Å². The molecule has 0 fully saturated rings. The number of carboxylic acid groups (broad SMARTS) is 1. The van der Waals surface area contributed by atoms with Gasteiger partial charge in [-0.1, -0.05) is 24.8 Å². The molecule has 0 saturated heterocycles. The van der Waals surface area contributed by atoms with Gasteiger partial charge in [0.25, 0.3) is 0 Å². The molecule has 0 unspecified atom stereocenters. The zero-order valence-corrected chi connectivity index (χ0v) is 6.62. The standard InChI is InChI=1S/C9H14O2/c1-2-3-4-5-6-7-8-9(10)11/h2-4H,1,5-8H2,(H,10,11)/b4-3-. The van der Waals surface area contributed by atoms with Crippen LogP contribution in [0.1, 0.15) is 25.7 Å². The van der Waals surface area contributed by atoms with Gasteiger partial charge in [0.15, 0.2) is 0 Å². The Morgan fingerprint density at radius 1 is 1.45 bits per heavy atom. The number of carboxylic acids is 1. The van der Waals surface area contributed by atoms with Gasteiger partial charge in [-0.15, -0.1) is 0 Å². The van der Waals surface area contributed by atoms with E-state index in [9.17, 15) is 4.79 Å². The van der Waals surface area contributed by atoms with Crippen molar-refractivity contribution in [2.75, 3.05) is 0 Å². The average molecular weight is 154 g/mol. The van der Waals surface area contributed by atoms with Crippen LogP contribution in [0.15, 0.2) is 24.8 Å². The molecule has 2 heteroatoms. The molecule has 0 aromatic heterocycles. The van der Waals surface area contributed by atoms with Crippen molar-refractivity contribution in [2.24, 2.45) is 0 Å². The smallest absolute Gasteiger partial charge is 0.303 e. The molecule has 62 valence electrons. The number of unbranched alkanes of at least 4 members (excludes halogenated alkanes) is 2. The first-order valence-corrected chi connectivity index (χ1v) is 3.76. The number of hydrogen-bond donors (Lipinski definition) is 1. The maximum atomic E-state index is 10.1. The Kier molecular flexibility index (Phi) is 6.39. The zero-order chi connectivity index (χ0) is 8.53. The number of hydrogen-bond acceptors (Lipinski definition) is 1. The molecule has 0 aliphatic carbocycles. The van der Waals surface area contributed by atoms with Gasteiger partial charge < -0.3 is 5.11 Å². The van der Waals surface area contributed by atoms with E-state index >= 15 is 0 Å². The maximum absolute atomic E-state index is 10.1. The summed E-state index contributed by atoms with van der Waals surface area (Å²) < 4.78 is 0. The molecule has 2 nitrogen and oxygen atoms in total. The van der Waals surface area contributed by atoms with Crippen LogP contribution in [0.4, 0.5) is 0 Å². The Labute approximate surface area is 67.2 Å². The second kappa shape index (κ2) is 7.06. The van der Waals surface area contributed by atoms with E-state index in [1.165, 1.54) is 0 Å². The SMILES string of the molecule is C=C/C=C\CCCCC(=O)O. The van der Waals surface area contributed by atoms with E-state index in [4.69, 9.17) is 5.11 Å². The summed E-state index contributed by atoms with van der Waals surface area (Å²) in [6.07, 6.45) is 8.52. The summed E-state index contributed by atoms with van der Waals surface area (Å²) in [7, 11) is 0. The summed E-state index contributed by atoms with van der Waals surface area (Å²) >= 11 is 0. The van der Waals surface area contributed by atoms with E-state index < -0.39 is 5.97 Å². The van der Waals surface area contributed by atoms with Gasteiger partial charge in [0.2, 0.25) is 0 Å². The molecule has 0 aliphatic rings. The largest absolute Gasteiger partial charge is 0.481 e. The Morgan fingerprint density at radius 2 is 2.18 bits per heavy atom. The van der Waals surface area contributed by atoms with Crippen LogP contribution < -0.4 is 0 Å². The minimum absolute atomic E-state index is 0.280. The predicted molar refractivity (Wildman–Crippen MR) is 45.4 cm³/mol. The third kappa shape index (κ3) is 8.95. The highest BCUT2D eigenvalue weighted by Gasteiger charge is 1.93. The summed E-state index contributed by atoms with van der Waals surface area (Å²) in [6, 6.07) is 0. The topological polar surface area (TPSA) is 37.3 Å². The van der Waals surface area contributed by atoms with Crippen molar-refractivity contribution in [3.63, 3.8) is 0 Å². The molecule has 0 radical (unpaired) electrons. The maximum Gasteiger partial charge on any atom is 0.303 e.